The molecule has 2 heterocycles. The summed E-state index contributed by atoms with van der Waals surface area (Å²) in [6.45, 7) is 0. The standard InChI is InChI=1S/C10H16ClNO2/c1-12-7-2-3-8(12)5-9(4-7)14-10(13)6-11/h7-9H,2-6H2,1H3/t7-,8-/m1/s1. The van der Waals surface area contributed by atoms with E-state index in [-0.39, 0.29) is 18.0 Å². The summed E-state index contributed by atoms with van der Waals surface area (Å²) >= 11 is 5.40. The molecule has 2 fully saturated rings. The number of alkyl halides is 1. The lowest BCUT2D eigenvalue weighted by Gasteiger charge is -2.35. The zero-order chi connectivity index (χ0) is 10.1. The quantitative estimate of drug-likeness (QED) is 0.517. The maximum Gasteiger partial charge on any atom is 0.321 e. The molecule has 4 heteroatoms. The minimum Gasteiger partial charge on any atom is -0.461 e. The van der Waals surface area contributed by atoms with Gasteiger partial charge in [-0.05, 0) is 32.7 Å². The molecule has 2 aliphatic heterocycles. The molecule has 80 valence electrons. The van der Waals surface area contributed by atoms with Gasteiger partial charge in [-0.2, -0.15) is 0 Å². The monoisotopic (exact) mass is 217 g/mol. The highest BCUT2D eigenvalue weighted by atomic mass is 35.5. The van der Waals surface area contributed by atoms with Crippen molar-refractivity contribution in [3.8, 4) is 0 Å². The van der Waals surface area contributed by atoms with Gasteiger partial charge in [0.05, 0.1) is 0 Å². The van der Waals surface area contributed by atoms with E-state index in [1.807, 2.05) is 0 Å². The Balaban J connectivity index is 1.90. The summed E-state index contributed by atoms with van der Waals surface area (Å²) in [6.07, 6.45) is 4.56. The van der Waals surface area contributed by atoms with Crippen molar-refractivity contribution >= 4 is 17.6 Å². The normalized spacial score (nSPS) is 37.1. The number of halogens is 1. The first-order valence-corrected chi connectivity index (χ1v) is 5.71. The fraction of sp³-hybridized carbons (Fsp3) is 0.900. The van der Waals surface area contributed by atoms with E-state index in [1.165, 1.54) is 12.8 Å². The van der Waals surface area contributed by atoms with Crippen molar-refractivity contribution < 1.29 is 9.53 Å². The SMILES string of the molecule is CN1[C@@H]2CC[C@@H]1CC(OC(=O)CCl)C2. The molecular weight excluding hydrogens is 202 g/mol. The van der Waals surface area contributed by atoms with Crippen LogP contribution in [0.1, 0.15) is 25.7 Å². The van der Waals surface area contributed by atoms with Crippen LogP contribution in [0.4, 0.5) is 0 Å². The Morgan fingerprint density at radius 2 is 2.00 bits per heavy atom. The molecule has 0 unspecified atom stereocenters. The molecule has 0 aromatic carbocycles. The van der Waals surface area contributed by atoms with Gasteiger partial charge in [0.1, 0.15) is 12.0 Å². The zero-order valence-corrected chi connectivity index (χ0v) is 9.17. The first-order valence-electron chi connectivity index (χ1n) is 5.18. The molecule has 2 bridgehead atoms. The van der Waals surface area contributed by atoms with Crippen molar-refractivity contribution in [1.29, 1.82) is 0 Å². The number of nitrogens with zero attached hydrogens (tertiary/aromatic N) is 1. The Morgan fingerprint density at radius 3 is 2.50 bits per heavy atom. The largest absolute Gasteiger partial charge is 0.461 e. The minimum absolute atomic E-state index is 0.0261. The van der Waals surface area contributed by atoms with Gasteiger partial charge in [-0.15, -0.1) is 11.6 Å². The number of hydrogen-bond donors (Lipinski definition) is 0. The van der Waals surface area contributed by atoms with Crippen molar-refractivity contribution in [3.63, 3.8) is 0 Å². The van der Waals surface area contributed by atoms with E-state index in [0.717, 1.165) is 12.8 Å². The van der Waals surface area contributed by atoms with Crippen molar-refractivity contribution in [2.45, 2.75) is 43.9 Å². The van der Waals surface area contributed by atoms with Gasteiger partial charge >= 0.3 is 5.97 Å². The highest BCUT2D eigenvalue weighted by Crippen LogP contribution is 2.35. The van der Waals surface area contributed by atoms with Crippen LogP contribution in [0.25, 0.3) is 0 Å². The Labute approximate surface area is 89.4 Å². The summed E-state index contributed by atoms with van der Waals surface area (Å²) in [4.78, 5) is 13.4. The molecule has 14 heavy (non-hydrogen) atoms. The van der Waals surface area contributed by atoms with E-state index in [1.54, 1.807) is 0 Å². The van der Waals surface area contributed by atoms with E-state index in [0.29, 0.717) is 12.1 Å². The summed E-state index contributed by atoms with van der Waals surface area (Å²) in [7, 11) is 2.17. The summed E-state index contributed by atoms with van der Waals surface area (Å²) < 4.78 is 5.27. The number of hydrogen-bond acceptors (Lipinski definition) is 3. The third-order valence-corrected chi connectivity index (χ3v) is 3.68. The lowest BCUT2D eigenvalue weighted by Crippen LogP contribution is -2.43. The molecule has 0 radical (unpaired) electrons. The molecule has 3 nitrogen and oxygen atoms in total. The van der Waals surface area contributed by atoms with Crippen LogP contribution in [0.15, 0.2) is 0 Å². The number of ether oxygens (including phenoxy) is 1. The van der Waals surface area contributed by atoms with Crippen molar-refractivity contribution in [2.75, 3.05) is 12.9 Å². The van der Waals surface area contributed by atoms with Gasteiger partial charge in [-0.25, -0.2) is 0 Å². The topological polar surface area (TPSA) is 29.5 Å². The molecule has 2 aliphatic rings. The van der Waals surface area contributed by atoms with Crippen molar-refractivity contribution in [2.24, 2.45) is 0 Å². The predicted molar refractivity (Wildman–Crippen MR) is 54.4 cm³/mol. The average molecular weight is 218 g/mol. The van der Waals surface area contributed by atoms with E-state index in [4.69, 9.17) is 16.3 Å². The zero-order valence-electron chi connectivity index (χ0n) is 8.41. The molecule has 0 saturated carbocycles. The minimum atomic E-state index is -0.277. The highest BCUT2D eigenvalue weighted by Gasteiger charge is 2.39. The molecule has 0 amide bonds. The Kier molecular flexibility index (Phi) is 2.98. The predicted octanol–water partition coefficient (Wildman–Crippen LogP) is 1.39. The fourth-order valence-corrected chi connectivity index (χ4v) is 2.74. The smallest absolute Gasteiger partial charge is 0.321 e. The van der Waals surface area contributed by atoms with Gasteiger partial charge in [0.15, 0.2) is 0 Å². The second kappa shape index (κ2) is 4.07. The second-order valence-corrected chi connectivity index (χ2v) is 4.53. The first kappa shape index (κ1) is 10.2. The van der Waals surface area contributed by atoms with Crippen LogP contribution in [-0.2, 0) is 9.53 Å². The number of carbonyl (C=O) groups is 1. The van der Waals surface area contributed by atoms with Crippen molar-refractivity contribution in [3.05, 3.63) is 0 Å². The van der Waals surface area contributed by atoms with Gasteiger partial charge in [-0.3, -0.25) is 4.79 Å². The third kappa shape index (κ3) is 1.89. The maximum absolute atomic E-state index is 11.0. The number of piperidine rings is 1. The molecule has 0 N–H and O–H groups in total. The summed E-state index contributed by atoms with van der Waals surface area (Å²) in [5, 5.41) is 0. The van der Waals surface area contributed by atoms with E-state index in [2.05, 4.69) is 11.9 Å². The van der Waals surface area contributed by atoms with E-state index >= 15 is 0 Å². The molecule has 2 rings (SSSR count). The van der Waals surface area contributed by atoms with Crippen LogP contribution in [0.2, 0.25) is 0 Å². The van der Waals surface area contributed by atoms with Gasteiger partial charge in [0, 0.05) is 12.1 Å². The van der Waals surface area contributed by atoms with Gasteiger partial charge in [0.2, 0.25) is 0 Å². The molecule has 0 aromatic heterocycles. The second-order valence-electron chi connectivity index (χ2n) is 4.27. The van der Waals surface area contributed by atoms with Crippen LogP contribution < -0.4 is 0 Å². The molecule has 0 aliphatic carbocycles. The highest BCUT2D eigenvalue weighted by molar-refractivity contribution is 6.26. The van der Waals surface area contributed by atoms with E-state index < -0.39 is 0 Å². The number of fused-ring (bicyclic) bond motifs is 2. The summed E-state index contributed by atoms with van der Waals surface area (Å²) in [6, 6.07) is 1.23. The van der Waals surface area contributed by atoms with Crippen LogP contribution >= 0.6 is 11.6 Å². The summed E-state index contributed by atoms with van der Waals surface area (Å²) in [5.41, 5.74) is 0. The third-order valence-electron chi connectivity index (χ3n) is 3.46. The maximum atomic E-state index is 11.0. The van der Waals surface area contributed by atoms with Gasteiger partial charge < -0.3 is 9.64 Å². The Morgan fingerprint density at radius 1 is 1.43 bits per heavy atom. The van der Waals surface area contributed by atoms with Gasteiger partial charge in [-0.1, -0.05) is 0 Å². The molecule has 2 saturated heterocycles. The summed E-state index contributed by atoms with van der Waals surface area (Å²) in [5.74, 6) is -0.303. The Bertz CT molecular complexity index is 220. The van der Waals surface area contributed by atoms with Crippen LogP contribution in [0, 0.1) is 0 Å². The van der Waals surface area contributed by atoms with Crippen LogP contribution in [0.5, 0.6) is 0 Å². The molecular formula is C10H16ClNO2. The lowest BCUT2D eigenvalue weighted by molar-refractivity contribution is -0.149. The van der Waals surface area contributed by atoms with E-state index in [9.17, 15) is 4.79 Å². The van der Waals surface area contributed by atoms with Crippen LogP contribution in [0.3, 0.4) is 0 Å². The Hall–Kier alpha value is -0.280. The van der Waals surface area contributed by atoms with Crippen LogP contribution in [-0.4, -0.2) is 42.0 Å². The molecule has 0 aromatic rings. The molecule has 0 spiro atoms. The fourth-order valence-electron chi connectivity index (χ4n) is 2.68. The number of rotatable bonds is 2. The first-order chi connectivity index (χ1) is 6.70. The average Bonchev–Trinajstić information content (AvgIpc) is 2.42. The number of carbonyl (C=O) groups excluding carboxylic acids is 1. The van der Waals surface area contributed by atoms with Gasteiger partial charge in [0.25, 0.3) is 0 Å². The van der Waals surface area contributed by atoms with Crippen molar-refractivity contribution in [1.82, 2.24) is 4.90 Å². The molecule has 2 atom stereocenters. The lowest BCUT2D eigenvalue weighted by atomic mass is 10.0. The number of esters is 1.